The van der Waals surface area contributed by atoms with E-state index in [1.54, 1.807) is 26.2 Å². The zero-order valence-electron chi connectivity index (χ0n) is 22.2. The lowest BCUT2D eigenvalue weighted by Gasteiger charge is -2.39. The third-order valence-electron chi connectivity index (χ3n) is 9.14. The fourth-order valence-corrected chi connectivity index (χ4v) is 7.04. The van der Waals surface area contributed by atoms with Gasteiger partial charge in [0.25, 0.3) is 5.91 Å². The number of carbonyl (C=O) groups is 2. The summed E-state index contributed by atoms with van der Waals surface area (Å²) < 4.78 is 5.93. The van der Waals surface area contributed by atoms with Crippen LogP contribution in [0.25, 0.3) is 0 Å². The molecule has 1 heterocycles. The van der Waals surface area contributed by atoms with Gasteiger partial charge in [-0.1, -0.05) is 54.8 Å². The van der Waals surface area contributed by atoms with Crippen LogP contribution in [0, 0.1) is 11.3 Å². The van der Waals surface area contributed by atoms with Crippen LogP contribution < -0.4 is 4.74 Å². The van der Waals surface area contributed by atoms with Crippen LogP contribution in [0.5, 0.6) is 5.75 Å². The highest BCUT2D eigenvalue weighted by Crippen LogP contribution is 2.61. The Bertz CT molecular complexity index is 1120. The monoisotopic (exact) mass is 522 g/mol. The maximum Gasteiger partial charge on any atom is 0.254 e. The highest BCUT2D eigenvalue weighted by atomic mass is 35.5. The minimum atomic E-state index is -0.299. The molecule has 198 valence electrons. The van der Waals surface area contributed by atoms with Crippen LogP contribution in [-0.4, -0.2) is 55.4 Å². The van der Waals surface area contributed by atoms with Crippen molar-refractivity contribution in [1.82, 2.24) is 9.80 Å². The van der Waals surface area contributed by atoms with Crippen molar-refractivity contribution in [2.24, 2.45) is 11.3 Å². The first-order chi connectivity index (χ1) is 17.8. The summed E-state index contributed by atoms with van der Waals surface area (Å²) in [5.74, 6) is 1.71. The van der Waals surface area contributed by atoms with Crippen molar-refractivity contribution in [3.8, 4) is 5.75 Å². The Labute approximate surface area is 226 Å². The Hall–Kier alpha value is -2.53. The maximum absolute atomic E-state index is 13.8. The van der Waals surface area contributed by atoms with Crippen molar-refractivity contribution < 1.29 is 14.3 Å². The fourth-order valence-electron chi connectivity index (χ4n) is 6.79. The predicted octanol–water partition coefficient (Wildman–Crippen LogP) is 6.34. The molecule has 2 aromatic carbocycles. The number of hydrogen-bond donors (Lipinski definition) is 0. The van der Waals surface area contributed by atoms with Gasteiger partial charge in [0.15, 0.2) is 0 Å². The van der Waals surface area contributed by atoms with Gasteiger partial charge in [0.1, 0.15) is 5.75 Å². The van der Waals surface area contributed by atoms with Crippen LogP contribution in [0.15, 0.2) is 48.5 Å². The summed E-state index contributed by atoms with van der Waals surface area (Å²) in [6.07, 6.45) is 9.97. The standard InChI is InChI=1S/C31H39ClN2O3/c1-33(2)28(35)26-13-12-25(21-27(26)32)37-20-8-11-24-22-30(24)16-18-34(19-17-30)29(36)31(14-6-7-15-31)23-9-4-3-5-10-23/h3-5,9-10,12-13,21,24H,6-8,11,14-20,22H2,1-2H3/t24-/m1/s1. The molecule has 2 amide bonds. The Balaban J connectivity index is 1.08. The average Bonchev–Trinajstić information content (AvgIpc) is 3.32. The quantitative estimate of drug-likeness (QED) is 0.380. The van der Waals surface area contributed by atoms with Crippen LogP contribution in [0.4, 0.5) is 0 Å². The Morgan fingerprint density at radius 1 is 1.03 bits per heavy atom. The van der Waals surface area contributed by atoms with Crippen LogP contribution >= 0.6 is 11.6 Å². The summed E-state index contributed by atoms with van der Waals surface area (Å²) in [6.45, 7) is 2.45. The largest absolute Gasteiger partial charge is 0.494 e. The highest BCUT2D eigenvalue weighted by Gasteiger charge is 2.55. The van der Waals surface area contributed by atoms with E-state index in [2.05, 4.69) is 29.2 Å². The third-order valence-corrected chi connectivity index (χ3v) is 9.45. The summed E-state index contributed by atoms with van der Waals surface area (Å²) >= 11 is 6.30. The molecule has 2 aliphatic carbocycles. The molecule has 1 spiro atoms. The molecule has 0 unspecified atom stereocenters. The van der Waals surface area contributed by atoms with Gasteiger partial charge in [0.05, 0.1) is 22.6 Å². The predicted molar refractivity (Wildman–Crippen MR) is 147 cm³/mol. The molecule has 3 fully saturated rings. The molecule has 6 heteroatoms. The van der Waals surface area contributed by atoms with Crippen molar-refractivity contribution in [2.45, 2.75) is 63.2 Å². The molecule has 1 atom stereocenters. The molecule has 2 aromatic rings. The number of rotatable bonds is 8. The van der Waals surface area contributed by atoms with E-state index in [-0.39, 0.29) is 11.3 Å². The van der Waals surface area contributed by atoms with Gasteiger partial charge >= 0.3 is 0 Å². The van der Waals surface area contributed by atoms with Gasteiger partial charge < -0.3 is 14.5 Å². The van der Waals surface area contributed by atoms with Crippen LogP contribution in [0.1, 0.15) is 73.7 Å². The molecule has 37 heavy (non-hydrogen) atoms. The van der Waals surface area contributed by atoms with Gasteiger partial charge in [-0.3, -0.25) is 9.59 Å². The van der Waals surface area contributed by atoms with Crippen molar-refractivity contribution in [2.75, 3.05) is 33.8 Å². The van der Waals surface area contributed by atoms with Crippen molar-refractivity contribution >= 4 is 23.4 Å². The molecular weight excluding hydrogens is 484 g/mol. The minimum absolute atomic E-state index is 0.109. The molecule has 5 nitrogen and oxygen atoms in total. The maximum atomic E-state index is 13.8. The van der Waals surface area contributed by atoms with Gasteiger partial charge in [-0.2, -0.15) is 0 Å². The summed E-state index contributed by atoms with van der Waals surface area (Å²) in [4.78, 5) is 29.6. The number of benzene rings is 2. The summed E-state index contributed by atoms with van der Waals surface area (Å²) in [7, 11) is 3.43. The number of carbonyl (C=O) groups excluding carboxylic acids is 2. The van der Waals surface area contributed by atoms with Gasteiger partial charge in [-0.05, 0) is 80.0 Å². The molecule has 2 saturated carbocycles. The van der Waals surface area contributed by atoms with Crippen LogP contribution in [0.3, 0.4) is 0 Å². The molecule has 1 saturated heterocycles. The number of likely N-dealkylation sites (tertiary alicyclic amines) is 1. The van der Waals surface area contributed by atoms with Crippen molar-refractivity contribution in [1.29, 1.82) is 0 Å². The van der Waals surface area contributed by atoms with E-state index in [1.165, 1.54) is 16.9 Å². The first-order valence-electron chi connectivity index (χ1n) is 13.8. The smallest absolute Gasteiger partial charge is 0.254 e. The van der Waals surface area contributed by atoms with Gasteiger partial charge in [-0.25, -0.2) is 0 Å². The molecule has 3 aliphatic rings. The lowest BCUT2D eigenvalue weighted by atomic mass is 9.76. The number of ether oxygens (including phenoxy) is 1. The zero-order valence-corrected chi connectivity index (χ0v) is 22.9. The first-order valence-corrected chi connectivity index (χ1v) is 14.2. The second kappa shape index (κ2) is 10.7. The summed E-state index contributed by atoms with van der Waals surface area (Å²) in [6, 6.07) is 15.8. The van der Waals surface area contributed by atoms with E-state index in [4.69, 9.17) is 16.3 Å². The second-order valence-electron chi connectivity index (χ2n) is 11.5. The first kappa shape index (κ1) is 26.1. The molecule has 0 aromatic heterocycles. The number of piperidine rings is 1. The lowest BCUT2D eigenvalue weighted by molar-refractivity contribution is -0.139. The normalized spacial score (nSPS) is 21.6. The highest BCUT2D eigenvalue weighted by molar-refractivity contribution is 6.34. The molecular formula is C31H39ClN2O3. The van der Waals surface area contributed by atoms with E-state index in [9.17, 15) is 9.59 Å². The molecule has 0 N–H and O–H groups in total. The third kappa shape index (κ3) is 5.25. The number of hydrogen-bond acceptors (Lipinski definition) is 3. The number of amides is 2. The van der Waals surface area contributed by atoms with E-state index in [0.29, 0.717) is 34.3 Å². The Morgan fingerprint density at radius 2 is 1.73 bits per heavy atom. The van der Waals surface area contributed by atoms with Gasteiger partial charge in [-0.15, -0.1) is 0 Å². The molecule has 0 radical (unpaired) electrons. The average molecular weight is 523 g/mol. The summed E-state index contributed by atoms with van der Waals surface area (Å²) in [5, 5.41) is 0.422. The SMILES string of the molecule is CN(C)C(=O)c1ccc(OCCC[C@@H]2CC23CCN(C(=O)C2(c4ccccc4)CCCC2)CC3)cc1Cl. The number of halogens is 1. The van der Waals surface area contributed by atoms with E-state index >= 15 is 0 Å². The van der Waals surface area contributed by atoms with E-state index in [1.807, 2.05) is 12.1 Å². The Morgan fingerprint density at radius 3 is 2.38 bits per heavy atom. The van der Waals surface area contributed by atoms with Crippen molar-refractivity contribution in [3.63, 3.8) is 0 Å². The lowest BCUT2D eigenvalue weighted by Crippen LogP contribution is -2.49. The van der Waals surface area contributed by atoms with Gasteiger partial charge in [0, 0.05) is 27.2 Å². The summed E-state index contributed by atoms with van der Waals surface area (Å²) in [5.41, 5.74) is 1.84. The number of nitrogens with zero attached hydrogens (tertiary/aromatic N) is 2. The molecule has 5 rings (SSSR count). The molecule has 0 bridgehead atoms. The van der Waals surface area contributed by atoms with E-state index < -0.39 is 0 Å². The van der Waals surface area contributed by atoms with Crippen molar-refractivity contribution in [3.05, 3.63) is 64.7 Å². The fraction of sp³-hybridized carbons (Fsp3) is 0.548. The van der Waals surface area contributed by atoms with Gasteiger partial charge in [0.2, 0.25) is 5.91 Å². The van der Waals surface area contributed by atoms with Crippen LogP contribution in [0.2, 0.25) is 5.02 Å². The van der Waals surface area contributed by atoms with E-state index in [0.717, 1.165) is 70.4 Å². The second-order valence-corrected chi connectivity index (χ2v) is 11.9. The Kier molecular flexibility index (Phi) is 7.53. The zero-order chi connectivity index (χ0) is 26.0. The topological polar surface area (TPSA) is 49.9 Å². The molecule has 1 aliphatic heterocycles. The van der Waals surface area contributed by atoms with Crippen LogP contribution in [-0.2, 0) is 10.2 Å². The minimum Gasteiger partial charge on any atom is -0.494 e.